The van der Waals surface area contributed by atoms with Gasteiger partial charge < -0.3 is 14.5 Å². The summed E-state index contributed by atoms with van der Waals surface area (Å²) in [6.07, 6.45) is 0. The van der Waals surface area contributed by atoms with Gasteiger partial charge in [-0.1, -0.05) is 207 Å². The predicted molar refractivity (Wildman–Crippen MR) is 311 cm³/mol. The molecule has 0 aromatic heterocycles. The third-order valence-corrected chi connectivity index (χ3v) is 18.4. The lowest BCUT2D eigenvalue weighted by Crippen LogP contribution is -2.37. The number of rotatable bonds is 10. The molecule has 344 valence electrons. The number of benzene rings is 11. The van der Waals surface area contributed by atoms with Crippen molar-refractivity contribution in [2.45, 2.75) is 39.3 Å². The molecule has 12 rings (SSSR count). The van der Waals surface area contributed by atoms with Gasteiger partial charge in [-0.05, 0) is 105 Å². The van der Waals surface area contributed by atoms with Crippen LogP contribution in [0.25, 0.3) is 65.7 Å². The van der Waals surface area contributed by atoms with Crippen LogP contribution in [0.2, 0.25) is 39.3 Å². The standard InChI is InChI=1S/C66H56N2OSi2/c1-70(2,3)50-36-38-54-56(40-50)57-43-60-55-37-35-49(67(47-27-15-9-16-28-47)61-33-21-19-31-52(61)45-23-11-7-12-24-45)39-64(55)69-65-42-51(71(4,5)6)41-59(66(60)65)58(57)44-63(54)68(48-29-17-10-18-30-48)62-34-22-20-32-53(62)46-25-13-8-14-26-46/h7-44H,1-6H3. The topological polar surface area (TPSA) is 15.7 Å². The van der Waals surface area contributed by atoms with Crippen molar-refractivity contribution in [2.24, 2.45) is 0 Å². The second-order valence-electron chi connectivity index (χ2n) is 21.0. The molecular formula is C66H56N2OSi2. The number of hydrogen-bond donors (Lipinski definition) is 0. The van der Waals surface area contributed by atoms with Gasteiger partial charge in [-0.2, -0.15) is 0 Å². The molecule has 0 fully saturated rings. The molecule has 0 N–H and O–H groups in total. The Bertz CT molecular complexity index is 3810. The van der Waals surface area contributed by atoms with Gasteiger partial charge in [-0.15, -0.1) is 0 Å². The first-order valence-corrected chi connectivity index (χ1v) is 31.8. The fourth-order valence-electron chi connectivity index (χ4n) is 10.6. The fourth-order valence-corrected chi connectivity index (χ4v) is 12.9. The maximum absolute atomic E-state index is 7.33. The largest absolute Gasteiger partial charge is 0.456 e. The molecule has 0 saturated carbocycles. The quantitative estimate of drug-likeness (QED) is 0.100. The monoisotopic (exact) mass is 948 g/mol. The van der Waals surface area contributed by atoms with Crippen molar-refractivity contribution in [3.8, 4) is 44.9 Å². The highest BCUT2D eigenvalue weighted by molar-refractivity contribution is 6.89. The molecule has 1 aliphatic heterocycles. The van der Waals surface area contributed by atoms with Gasteiger partial charge in [0.15, 0.2) is 0 Å². The lowest BCUT2D eigenvalue weighted by molar-refractivity contribution is 0.487. The van der Waals surface area contributed by atoms with Crippen molar-refractivity contribution in [2.75, 3.05) is 9.80 Å². The van der Waals surface area contributed by atoms with Gasteiger partial charge in [0.25, 0.3) is 0 Å². The van der Waals surface area contributed by atoms with Crippen LogP contribution >= 0.6 is 0 Å². The normalized spacial score (nSPS) is 12.2. The number of ether oxygens (including phenoxy) is 1. The van der Waals surface area contributed by atoms with E-state index in [1.54, 1.807) is 0 Å². The Balaban J connectivity index is 1.14. The van der Waals surface area contributed by atoms with Gasteiger partial charge in [0.05, 0.1) is 33.2 Å². The molecular weight excluding hydrogens is 893 g/mol. The van der Waals surface area contributed by atoms with E-state index in [4.69, 9.17) is 4.74 Å². The molecule has 0 aliphatic carbocycles. The maximum atomic E-state index is 7.33. The average molecular weight is 949 g/mol. The molecule has 11 aromatic carbocycles. The average Bonchev–Trinajstić information content (AvgIpc) is 3.39. The van der Waals surface area contributed by atoms with Crippen LogP contribution in [0.15, 0.2) is 231 Å². The van der Waals surface area contributed by atoms with Gasteiger partial charge in [0.2, 0.25) is 0 Å². The second-order valence-corrected chi connectivity index (χ2v) is 31.1. The van der Waals surface area contributed by atoms with Crippen LogP contribution in [-0.2, 0) is 0 Å². The molecule has 0 amide bonds. The van der Waals surface area contributed by atoms with Crippen molar-refractivity contribution in [3.63, 3.8) is 0 Å². The van der Waals surface area contributed by atoms with E-state index in [2.05, 4.69) is 280 Å². The number of hydrogen-bond acceptors (Lipinski definition) is 3. The zero-order valence-electron chi connectivity index (χ0n) is 41.2. The second kappa shape index (κ2) is 17.5. The molecule has 71 heavy (non-hydrogen) atoms. The summed E-state index contributed by atoms with van der Waals surface area (Å²) in [5, 5.41) is 10.2. The zero-order valence-corrected chi connectivity index (χ0v) is 43.2. The van der Waals surface area contributed by atoms with E-state index in [0.717, 1.165) is 62.1 Å². The molecule has 1 aliphatic rings. The number of para-hydroxylation sites is 4. The molecule has 0 atom stereocenters. The van der Waals surface area contributed by atoms with E-state index in [1.165, 1.54) is 59.6 Å². The van der Waals surface area contributed by atoms with Crippen LogP contribution in [0, 0.1) is 0 Å². The number of nitrogens with zero attached hydrogens (tertiary/aromatic N) is 2. The van der Waals surface area contributed by atoms with Crippen LogP contribution in [0.1, 0.15) is 0 Å². The summed E-state index contributed by atoms with van der Waals surface area (Å²) < 4.78 is 7.33. The van der Waals surface area contributed by atoms with Gasteiger partial charge in [0, 0.05) is 50.6 Å². The summed E-state index contributed by atoms with van der Waals surface area (Å²) in [4.78, 5) is 4.87. The Kier molecular flexibility index (Phi) is 10.9. The van der Waals surface area contributed by atoms with Gasteiger partial charge in [-0.3, -0.25) is 0 Å². The van der Waals surface area contributed by atoms with Gasteiger partial charge in [0.1, 0.15) is 11.5 Å². The SMILES string of the molecule is C[Si](C)(C)c1ccc2c(N(c3ccccc3)c3ccccc3-c3ccccc3)cc3c4cc([Si](C)(C)C)cc5c4c(cc3c2c1)-c1ccc(N(c2ccccc2)c2ccccc2-c2ccccc2)cc1O5. The highest BCUT2D eigenvalue weighted by Crippen LogP contribution is 2.53. The van der Waals surface area contributed by atoms with Crippen LogP contribution in [0.5, 0.6) is 11.5 Å². The van der Waals surface area contributed by atoms with Crippen molar-refractivity contribution in [1.29, 1.82) is 0 Å². The highest BCUT2D eigenvalue weighted by atomic mass is 28.3. The Morgan fingerprint density at radius 2 is 0.789 bits per heavy atom. The van der Waals surface area contributed by atoms with Crippen LogP contribution in [-0.4, -0.2) is 16.1 Å². The summed E-state index contributed by atoms with van der Waals surface area (Å²) in [7, 11) is -3.65. The molecule has 0 unspecified atom stereocenters. The summed E-state index contributed by atoms with van der Waals surface area (Å²) in [5.41, 5.74) is 13.6. The molecule has 3 nitrogen and oxygen atoms in total. The number of anilines is 6. The first kappa shape index (κ1) is 44.3. The van der Waals surface area contributed by atoms with Gasteiger partial charge >= 0.3 is 0 Å². The fraction of sp³-hybridized carbons (Fsp3) is 0.0909. The van der Waals surface area contributed by atoms with E-state index in [0.29, 0.717) is 0 Å². The smallest absolute Gasteiger partial charge is 0.137 e. The Morgan fingerprint density at radius 3 is 1.38 bits per heavy atom. The summed E-state index contributed by atoms with van der Waals surface area (Å²) in [6, 6.07) is 84.7. The molecule has 1 heterocycles. The van der Waals surface area contributed by atoms with Crippen molar-refractivity contribution >= 4 is 93.0 Å². The van der Waals surface area contributed by atoms with E-state index >= 15 is 0 Å². The van der Waals surface area contributed by atoms with Crippen LogP contribution in [0.3, 0.4) is 0 Å². The zero-order chi connectivity index (χ0) is 48.4. The molecule has 0 saturated heterocycles. The summed E-state index contributed by atoms with van der Waals surface area (Å²) >= 11 is 0. The molecule has 11 aromatic rings. The van der Waals surface area contributed by atoms with E-state index < -0.39 is 16.1 Å². The lowest BCUT2D eigenvalue weighted by atomic mass is 9.88. The van der Waals surface area contributed by atoms with E-state index in [1.807, 2.05) is 0 Å². The van der Waals surface area contributed by atoms with Crippen LogP contribution < -0.4 is 24.9 Å². The van der Waals surface area contributed by atoms with Crippen molar-refractivity contribution in [3.05, 3.63) is 231 Å². The maximum Gasteiger partial charge on any atom is 0.137 e. The Labute approximate surface area is 419 Å². The molecule has 5 heteroatoms. The van der Waals surface area contributed by atoms with Crippen molar-refractivity contribution < 1.29 is 4.74 Å². The van der Waals surface area contributed by atoms with Gasteiger partial charge in [-0.25, -0.2) is 0 Å². The van der Waals surface area contributed by atoms with E-state index in [-0.39, 0.29) is 0 Å². The van der Waals surface area contributed by atoms with Crippen LogP contribution in [0.4, 0.5) is 34.1 Å². The molecule has 0 spiro atoms. The number of fused-ring (bicyclic) bond motifs is 6. The minimum Gasteiger partial charge on any atom is -0.456 e. The van der Waals surface area contributed by atoms with E-state index in [9.17, 15) is 0 Å². The molecule has 0 bridgehead atoms. The first-order chi connectivity index (χ1) is 34.5. The predicted octanol–water partition coefficient (Wildman–Crippen LogP) is 18.3. The summed E-state index contributed by atoms with van der Waals surface area (Å²) in [6.45, 7) is 14.7. The minimum absolute atomic E-state index is 0.859. The first-order valence-electron chi connectivity index (χ1n) is 24.8. The summed E-state index contributed by atoms with van der Waals surface area (Å²) in [5.74, 6) is 1.78. The third kappa shape index (κ3) is 7.92. The third-order valence-electron chi connectivity index (χ3n) is 14.3. The highest BCUT2D eigenvalue weighted by Gasteiger charge is 2.30. The lowest BCUT2D eigenvalue weighted by Gasteiger charge is -2.31. The molecule has 0 radical (unpaired) electrons. The Hall–Kier alpha value is -7.97. The minimum atomic E-state index is -1.89. The Morgan fingerprint density at radius 1 is 0.296 bits per heavy atom. The van der Waals surface area contributed by atoms with Crippen molar-refractivity contribution in [1.82, 2.24) is 0 Å².